The predicted molar refractivity (Wildman–Crippen MR) is 70.1 cm³/mol. The molecule has 0 aromatic heterocycles. The minimum Gasteiger partial charge on any atom is -0.293 e. The monoisotopic (exact) mass is 215 g/mol. The Morgan fingerprint density at radius 2 is 1.94 bits per heavy atom. The maximum atomic E-state index is 4.79. The van der Waals surface area contributed by atoms with Gasteiger partial charge in [0.25, 0.3) is 0 Å². The highest BCUT2D eigenvalue weighted by Crippen LogP contribution is 2.27. The topological polar surface area (TPSA) is 12.4 Å². The van der Waals surface area contributed by atoms with Gasteiger partial charge < -0.3 is 0 Å². The zero-order valence-electron chi connectivity index (χ0n) is 10.4. The lowest BCUT2D eigenvalue weighted by Crippen LogP contribution is -2.13. The Morgan fingerprint density at radius 1 is 1.19 bits per heavy atom. The van der Waals surface area contributed by atoms with Gasteiger partial charge in [-0.05, 0) is 30.2 Å². The van der Waals surface area contributed by atoms with Gasteiger partial charge in [0, 0.05) is 18.7 Å². The molecule has 0 spiro atoms. The molecule has 0 radical (unpaired) electrons. The lowest BCUT2D eigenvalue weighted by Gasteiger charge is -2.19. The molecule has 1 nitrogen and oxygen atoms in total. The highest BCUT2D eigenvalue weighted by molar-refractivity contribution is 5.86. The number of aliphatic imine (C=N–C) groups is 1. The van der Waals surface area contributed by atoms with Gasteiger partial charge in [0.1, 0.15) is 0 Å². The van der Waals surface area contributed by atoms with E-state index in [0.29, 0.717) is 5.41 Å². The van der Waals surface area contributed by atoms with Crippen molar-refractivity contribution < 1.29 is 0 Å². The summed E-state index contributed by atoms with van der Waals surface area (Å²) in [7, 11) is 0. The highest BCUT2D eigenvalue weighted by atomic mass is 14.8. The van der Waals surface area contributed by atoms with E-state index in [-0.39, 0.29) is 0 Å². The summed E-state index contributed by atoms with van der Waals surface area (Å²) in [5, 5.41) is 0. The second-order valence-electron chi connectivity index (χ2n) is 5.56. The van der Waals surface area contributed by atoms with Gasteiger partial charge in [0.2, 0.25) is 0 Å². The molecule has 1 aliphatic rings. The number of rotatable bonds is 2. The fourth-order valence-corrected chi connectivity index (χ4v) is 2.23. The van der Waals surface area contributed by atoms with Crippen molar-refractivity contribution in [3.05, 3.63) is 35.9 Å². The summed E-state index contributed by atoms with van der Waals surface area (Å²) in [5.74, 6) is 0. The molecule has 0 saturated carbocycles. The van der Waals surface area contributed by atoms with Crippen LogP contribution in [0.25, 0.3) is 0 Å². The van der Waals surface area contributed by atoms with Crippen molar-refractivity contribution in [3.8, 4) is 0 Å². The van der Waals surface area contributed by atoms with Crippen LogP contribution in [0.2, 0.25) is 0 Å². The van der Waals surface area contributed by atoms with E-state index in [2.05, 4.69) is 44.2 Å². The quantitative estimate of drug-likeness (QED) is 0.710. The van der Waals surface area contributed by atoms with Crippen molar-refractivity contribution in [1.82, 2.24) is 0 Å². The summed E-state index contributed by atoms with van der Waals surface area (Å²) >= 11 is 0. The van der Waals surface area contributed by atoms with Crippen molar-refractivity contribution >= 4 is 5.71 Å². The maximum absolute atomic E-state index is 4.79. The Morgan fingerprint density at radius 3 is 2.69 bits per heavy atom. The maximum Gasteiger partial charge on any atom is 0.0439 e. The van der Waals surface area contributed by atoms with E-state index >= 15 is 0 Å². The molecule has 0 atom stereocenters. The van der Waals surface area contributed by atoms with Gasteiger partial charge in [-0.3, -0.25) is 4.99 Å². The van der Waals surface area contributed by atoms with Crippen LogP contribution in [0.5, 0.6) is 0 Å². The lowest BCUT2D eigenvalue weighted by atomic mass is 9.88. The van der Waals surface area contributed by atoms with Crippen LogP contribution in [-0.2, 0) is 6.42 Å². The molecule has 0 amide bonds. The average molecular weight is 215 g/mol. The van der Waals surface area contributed by atoms with E-state index in [0.717, 1.165) is 13.0 Å². The van der Waals surface area contributed by atoms with E-state index in [1.807, 2.05) is 0 Å². The average Bonchev–Trinajstić information content (AvgIpc) is 2.42. The van der Waals surface area contributed by atoms with E-state index < -0.39 is 0 Å². The van der Waals surface area contributed by atoms with Gasteiger partial charge in [-0.2, -0.15) is 0 Å². The molecular weight excluding hydrogens is 194 g/mol. The molecule has 0 saturated heterocycles. The van der Waals surface area contributed by atoms with Crippen LogP contribution in [-0.4, -0.2) is 12.3 Å². The Bertz CT molecular complexity index is 362. The Kier molecular flexibility index (Phi) is 3.42. The van der Waals surface area contributed by atoms with Crippen LogP contribution in [0.3, 0.4) is 0 Å². The first kappa shape index (κ1) is 11.4. The molecule has 0 unspecified atom stereocenters. The van der Waals surface area contributed by atoms with Crippen LogP contribution in [0.4, 0.5) is 0 Å². The molecule has 1 aliphatic heterocycles. The standard InChI is InChI=1S/C15H21N/c1-15(2)10-6-9-14(16-12-15)11-13-7-4-3-5-8-13/h3-5,7-8H,6,9-12H2,1-2H3. The molecule has 1 heteroatoms. The summed E-state index contributed by atoms with van der Waals surface area (Å²) in [5.41, 5.74) is 3.18. The minimum absolute atomic E-state index is 0.401. The smallest absolute Gasteiger partial charge is 0.0439 e. The van der Waals surface area contributed by atoms with Gasteiger partial charge in [0.15, 0.2) is 0 Å². The molecule has 0 aliphatic carbocycles. The van der Waals surface area contributed by atoms with Crippen molar-refractivity contribution in [2.24, 2.45) is 10.4 Å². The first-order valence-corrected chi connectivity index (χ1v) is 6.22. The fraction of sp³-hybridized carbons (Fsp3) is 0.533. The summed E-state index contributed by atoms with van der Waals surface area (Å²) in [6, 6.07) is 10.7. The summed E-state index contributed by atoms with van der Waals surface area (Å²) < 4.78 is 0. The first-order valence-electron chi connectivity index (χ1n) is 6.22. The Balaban J connectivity index is 2.03. The zero-order valence-corrected chi connectivity index (χ0v) is 10.4. The molecule has 1 aromatic carbocycles. The molecule has 1 heterocycles. The number of nitrogens with zero attached hydrogens (tertiary/aromatic N) is 1. The third kappa shape index (κ3) is 3.19. The molecule has 2 rings (SSSR count). The van der Waals surface area contributed by atoms with E-state index in [4.69, 9.17) is 4.99 Å². The summed E-state index contributed by atoms with van der Waals surface area (Å²) in [6.45, 7) is 5.64. The van der Waals surface area contributed by atoms with Gasteiger partial charge in [-0.1, -0.05) is 44.2 Å². The zero-order chi connectivity index (χ0) is 11.4. The normalized spacial score (nSPS) is 20.0. The molecule has 1 aromatic rings. The lowest BCUT2D eigenvalue weighted by molar-refractivity contribution is 0.348. The van der Waals surface area contributed by atoms with Crippen LogP contribution in [0.1, 0.15) is 38.7 Å². The second-order valence-corrected chi connectivity index (χ2v) is 5.56. The SMILES string of the molecule is CC1(C)CCCC(Cc2ccccc2)=NC1. The van der Waals surface area contributed by atoms with E-state index in [1.165, 1.54) is 30.5 Å². The third-order valence-corrected chi connectivity index (χ3v) is 3.30. The third-order valence-electron chi connectivity index (χ3n) is 3.30. The van der Waals surface area contributed by atoms with Gasteiger partial charge in [-0.15, -0.1) is 0 Å². The van der Waals surface area contributed by atoms with Crippen molar-refractivity contribution in [2.75, 3.05) is 6.54 Å². The largest absolute Gasteiger partial charge is 0.293 e. The van der Waals surface area contributed by atoms with Crippen molar-refractivity contribution in [3.63, 3.8) is 0 Å². The molecule has 86 valence electrons. The second kappa shape index (κ2) is 4.82. The summed E-state index contributed by atoms with van der Waals surface area (Å²) in [4.78, 5) is 4.79. The predicted octanol–water partition coefficient (Wildman–Crippen LogP) is 3.88. The van der Waals surface area contributed by atoms with Crippen LogP contribution in [0, 0.1) is 5.41 Å². The molecular formula is C15H21N. The molecule has 0 fully saturated rings. The van der Waals surface area contributed by atoms with Crippen molar-refractivity contribution in [1.29, 1.82) is 0 Å². The van der Waals surface area contributed by atoms with Gasteiger partial charge in [-0.25, -0.2) is 0 Å². The van der Waals surface area contributed by atoms with E-state index in [1.54, 1.807) is 0 Å². The number of hydrogen-bond acceptors (Lipinski definition) is 1. The van der Waals surface area contributed by atoms with Crippen LogP contribution < -0.4 is 0 Å². The van der Waals surface area contributed by atoms with Gasteiger partial charge in [0.05, 0.1) is 0 Å². The van der Waals surface area contributed by atoms with Crippen LogP contribution in [0.15, 0.2) is 35.3 Å². The van der Waals surface area contributed by atoms with Crippen LogP contribution >= 0.6 is 0 Å². The summed E-state index contributed by atoms with van der Waals surface area (Å²) in [6.07, 6.45) is 4.81. The Labute approximate surface area is 98.6 Å². The van der Waals surface area contributed by atoms with E-state index in [9.17, 15) is 0 Å². The molecule has 0 N–H and O–H groups in total. The number of benzene rings is 1. The molecule has 0 bridgehead atoms. The minimum atomic E-state index is 0.401. The first-order chi connectivity index (χ1) is 7.66. The van der Waals surface area contributed by atoms with Crippen molar-refractivity contribution in [2.45, 2.75) is 39.5 Å². The Hall–Kier alpha value is -1.11. The number of hydrogen-bond donors (Lipinski definition) is 0. The fourth-order valence-electron chi connectivity index (χ4n) is 2.23. The molecule has 16 heavy (non-hydrogen) atoms. The van der Waals surface area contributed by atoms with Gasteiger partial charge >= 0.3 is 0 Å². The highest BCUT2D eigenvalue weighted by Gasteiger charge is 2.20.